The summed E-state index contributed by atoms with van der Waals surface area (Å²) in [6.07, 6.45) is 4.56. The van der Waals surface area contributed by atoms with Crippen molar-refractivity contribution in [3.05, 3.63) is 60.2 Å². The fraction of sp³-hybridized carbons (Fsp3) is 0.238. The number of rotatable bonds is 6. The molecule has 2 aromatic rings. The van der Waals surface area contributed by atoms with Gasteiger partial charge in [-0.2, -0.15) is 0 Å². The van der Waals surface area contributed by atoms with Crippen LogP contribution in [0.1, 0.15) is 25.3 Å². The first-order valence-electron chi connectivity index (χ1n) is 9.11. The molecule has 1 N–H and O–H groups in total. The van der Waals surface area contributed by atoms with E-state index in [1.54, 1.807) is 30.0 Å². The summed E-state index contributed by atoms with van der Waals surface area (Å²) >= 11 is 0. The predicted molar refractivity (Wildman–Crippen MR) is 110 cm³/mol. The second-order valence-corrected chi connectivity index (χ2v) is 8.77. The third kappa shape index (κ3) is 4.67. The highest BCUT2D eigenvalue weighted by Gasteiger charge is 2.21. The topological polar surface area (TPSA) is 83.6 Å². The molecule has 1 aliphatic rings. The smallest absolute Gasteiger partial charge is 0.248 e. The van der Waals surface area contributed by atoms with Gasteiger partial charge in [0.15, 0.2) is 9.84 Å². The molecule has 1 aliphatic heterocycles. The van der Waals surface area contributed by atoms with Crippen molar-refractivity contribution in [1.29, 1.82) is 0 Å². The molecule has 0 radical (unpaired) electrons. The van der Waals surface area contributed by atoms with Gasteiger partial charge in [0, 0.05) is 30.4 Å². The normalized spacial score (nSPS) is 14.6. The highest BCUT2D eigenvalue weighted by atomic mass is 32.2. The SMILES string of the molecule is CCS(=O)(=O)c1ccc(NC(=O)/C=C/c2ccc(N3CCCC3=O)cc2)cc1. The Balaban J connectivity index is 1.60. The van der Waals surface area contributed by atoms with E-state index in [4.69, 9.17) is 0 Å². The van der Waals surface area contributed by atoms with Crippen LogP contribution in [-0.2, 0) is 19.4 Å². The van der Waals surface area contributed by atoms with Crippen LogP contribution in [0.25, 0.3) is 6.08 Å². The van der Waals surface area contributed by atoms with Crippen LogP contribution in [0.5, 0.6) is 0 Å². The van der Waals surface area contributed by atoms with Gasteiger partial charge in [-0.3, -0.25) is 9.59 Å². The van der Waals surface area contributed by atoms with Crippen LogP contribution in [0.15, 0.2) is 59.5 Å². The fourth-order valence-corrected chi connectivity index (χ4v) is 3.84. The number of sulfone groups is 1. The van der Waals surface area contributed by atoms with Crippen LogP contribution in [0.4, 0.5) is 11.4 Å². The molecule has 0 bridgehead atoms. The van der Waals surface area contributed by atoms with E-state index in [0.717, 1.165) is 24.2 Å². The number of amides is 2. The van der Waals surface area contributed by atoms with Crippen LogP contribution in [0.2, 0.25) is 0 Å². The van der Waals surface area contributed by atoms with E-state index in [2.05, 4.69) is 5.32 Å². The second kappa shape index (κ2) is 8.39. The van der Waals surface area contributed by atoms with Gasteiger partial charge in [-0.1, -0.05) is 19.1 Å². The highest BCUT2D eigenvalue weighted by molar-refractivity contribution is 7.91. The molecule has 2 aromatic carbocycles. The van der Waals surface area contributed by atoms with Crippen LogP contribution in [0.3, 0.4) is 0 Å². The number of anilines is 2. The van der Waals surface area contributed by atoms with E-state index in [9.17, 15) is 18.0 Å². The van der Waals surface area contributed by atoms with Crippen molar-refractivity contribution in [2.45, 2.75) is 24.7 Å². The number of hydrogen-bond donors (Lipinski definition) is 1. The van der Waals surface area contributed by atoms with Crippen molar-refractivity contribution < 1.29 is 18.0 Å². The van der Waals surface area contributed by atoms with Crippen LogP contribution >= 0.6 is 0 Å². The molecule has 1 fully saturated rings. The number of hydrogen-bond acceptors (Lipinski definition) is 4. The Bertz CT molecular complexity index is 994. The molecule has 3 rings (SSSR count). The predicted octanol–water partition coefficient (Wildman–Crippen LogP) is 3.26. The van der Waals surface area contributed by atoms with Gasteiger partial charge >= 0.3 is 0 Å². The van der Waals surface area contributed by atoms with E-state index in [1.165, 1.54) is 18.2 Å². The van der Waals surface area contributed by atoms with Gasteiger partial charge in [-0.05, 0) is 54.5 Å². The maximum atomic E-state index is 12.1. The first-order chi connectivity index (χ1) is 13.4. The number of carbonyl (C=O) groups excluding carboxylic acids is 2. The number of nitrogens with zero attached hydrogens (tertiary/aromatic N) is 1. The molecule has 1 heterocycles. The lowest BCUT2D eigenvalue weighted by Gasteiger charge is -2.15. The van der Waals surface area contributed by atoms with Crippen molar-refractivity contribution in [1.82, 2.24) is 0 Å². The average Bonchev–Trinajstić information content (AvgIpc) is 3.13. The maximum absolute atomic E-state index is 12.1. The van der Waals surface area contributed by atoms with E-state index in [-0.39, 0.29) is 22.5 Å². The number of carbonyl (C=O) groups is 2. The summed E-state index contributed by atoms with van der Waals surface area (Å²) < 4.78 is 23.6. The van der Waals surface area contributed by atoms with Crippen molar-refractivity contribution in [3.8, 4) is 0 Å². The Kier molecular flexibility index (Phi) is 5.94. The Morgan fingerprint density at radius 1 is 1.11 bits per heavy atom. The molecule has 1 saturated heterocycles. The molecular weight excluding hydrogens is 376 g/mol. The molecule has 6 nitrogen and oxygen atoms in total. The van der Waals surface area contributed by atoms with E-state index < -0.39 is 9.84 Å². The van der Waals surface area contributed by atoms with Crippen molar-refractivity contribution in [2.24, 2.45) is 0 Å². The van der Waals surface area contributed by atoms with Crippen LogP contribution in [0, 0.1) is 0 Å². The summed E-state index contributed by atoms with van der Waals surface area (Å²) in [6.45, 7) is 2.33. The number of nitrogens with one attached hydrogen (secondary N) is 1. The lowest BCUT2D eigenvalue weighted by atomic mass is 10.2. The van der Waals surface area contributed by atoms with Crippen LogP contribution in [-0.4, -0.2) is 32.5 Å². The highest BCUT2D eigenvalue weighted by Crippen LogP contribution is 2.22. The molecule has 2 amide bonds. The van der Waals surface area contributed by atoms with Crippen molar-refractivity contribution in [2.75, 3.05) is 22.5 Å². The lowest BCUT2D eigenvalue weighted by molar-refractivity contribution is -0.117. The molecule has 146 valence electrons. The zero-order chi connectivity index (χ0) is 20.1. The minimum Gasteiger partial charge on any atom is -0.323 e. The third-order valence-electron chi connectivity index (χ3n) is 4.57. The largest absolute Gasteiger partial charge is 0.323 e. The fourth-order valence-electron chi connectivity index (χ4n) is 2.95. The van der Waals surface area contributed by atoms with E-state index in [0.29, 0.717) is 12.1 Å². The average molecular weight is 398 g/mol. The van der Waals surface area contributed by atoms with Crippen molar-refractivity contribution in [3.63, 3.8) is 0 Å². The summed E-state index contributed by atoms with van der Waals surface area (Å²) in [7, 11) is -3.25. The number of benzene rings is 2. The minimum atomic E-state index is -3.25. The second-order valence-electron chi connectivity index (χ2n) is 6.49. The standard InChI is InChI=1S/C21H22N2O4S/c1-2-28(26,27)19-12-8-17(9-13-19)22-20(24)14-7-16-5-10-18(11-6-16)23-15-3-4-21(23)25/h5-14H,2-4,15H2,1H3,(H,22,24)/b14-7+. The summed E-state index contributed by atoms with van der Waals surface area (Å²) in [6, 6.07) is 13.5. The molecule has 0 spiro atoms. The van der Waals surface area contributed by atoms with E-state index >= 15 is 0 Å². The zero-order valence-corrected chi connectivity index (χ0v) is 16.4. The van der Waals surface area contributed by atoms with Gasteiger partial charge in [-0.25, -0.2) is 8.42 Å². The Morgan fingerprint density at radius 3 is 2.36 bits per heavy atom. The summed E-state index contributed by atoms with van der Waals surface area (Å²) in [5.74, 6) is -0.142. The van der Waals surface area contributed by atoms with Gasteiger partial charge < -0.3 is 10.2 Å². The summed E-state index contributed by atoms with van der Waals surface area (Å²) in [4.78, 5) is 25.8. The molecule has 0 aliphatic carbocycles. The van der Waals surface area contributed by atoms with Crippen molar-refractivity contribution >= 4 is 39.1 Å². The zero-order valence-electron chi connectivity index (χ0n) is 15.6. The Morgan fingerprint density at radius 2 is 1.79 bits per heavy atom. The molecule has 0 atom stereocenters. The lowest BCUT2D eigenvalue weighted by Crippen LogP contribution is -2.23. The minimum absolute atomic E-state index is 0.0339. The Hall–Kier alpha value is -2.93. The van der Waals surface area contributed by atoms with Gasteiger partial charge in [0.25, 0.3) is 0 Å². The van der Waals surface area contributed by atoms with Gasteiger partial charge in [0.05, 0.1) is 10.6 Å². The van der Waals surface area contributed by atoms with Gasteiger partial charge in [0.2, 0.25) is 11.8 Å². The first-order valence-corrected chi connectivity index (χ1v) is 10.8. The maximum Gasteiger partial charge on any atom is 0.248 e. The monoisotopic (exact) mass is 398 g/mol. The summed E-state index contributed by atoms with van der Waals surface area (Å²) in [5.41, 5.74) is 2.23. The molecule has 0 unspecified atom stereocenters. The third-order valence-corrected chi connectivity index (χ3v) is 6.32. The quantitative estimate of drug-likeness (QED) is 0.757. The molecule has 0 aromatic heterocycles. The van der Waals surface area contributed by atoms with Gasteiger partial charge in [0.1, 0.15) is 0 Å². The molecule has 28 heavy (non-hydrogen) atoms. The van der Waals surface area contributed by atoms with Gasteiger partial charge in [-0.15, -0.1) is 0 Å². The summed E-state index contributed by atoms with van der Waals surface area (Å²) in [5, 5.41) is 2.70. The Labute approximate surface area is 164 Å². The molecular formula is C21H22N2O4S. The van der Waals surface area contributed by atoms with E-state index in [1.807, 2.05) is 24.3 Å². The molecule has 7 heteroatoms. The van der Waals surface area contributed by atoms with Crippen LogP contribution < -0.4 is 10.2 Å². The first kappa shape index (κ1) is 19.8. The molecule has 0 saturated carbocycles.